The van der Waals surface area contributed by atoms with Crippen LogP contribution in [0.3, 0.4) is 0 Å². The van der Waals surface area contributed by atoms with Gasteiger partial charge in [0.15, 0.2) is 5.92 Å². The maximum Gasteiger partial charge on any atom is 0.418 e. The molecule has 2 aromatic carbocycles. The summed E-state index contributed by atoms with van der Waals surface area (Å²) in [7, 11) is 0. The monoisotopic (exact) mass is 520 g/mol. The van der Waals surface area contributed by atoms with Crippen molar-refractivity contribution >= 4 is 35.2 Å². The Balaban J connectivity index is 1.70. The molecule has 3 aromatic rings. The molecule has 0 saturated carbocycles. The van der Waals surface area contributed by atoms with Crippen molar-refractivity contribution < 1.29 is 32.7 Å². The Bertz CT molecular complexity index is 1350. The van der Waals surface area contributed by atoms with Gasteiger partial charge < -0.3 is 5.11 Å². The standard InChI is InChI=1S/C24H20ClF3N4O4/c1-13-10-14(2)32(29-13)17-8-6-16(7-9-17)30-12-18(22(34)35)21(33)31(23(30)36)11-15-4-3-5-19(25)20(15)24(26,27)28/h3-10,18H,11-12H2,1-2H3,(H,34,35). The van der Waals surface area contributed by atoms with Crippen LogP contribution >= 0.6 is 11.6 Å². The van der Waals surface area contributed by atoms with E-state index < -0.39 is 59.2 Å². The number of aryl methyl sites for hydroxylation is 2. The summed E-state index contributed by atoms with van der Waals surface area (Å²) in [6.07, 6.45) is -4.85. The van der Waals surface area contributed by atoms with Crippen LogP contribution in [0.5, 0.6) is 0 Å². The number of carbonyl (C=O) groups is 3. The number of imide groups is 1. The zero-order valence-electron chi connectivity index (χ0n) is 19.1. The van der Waals surface area contributed by atoms with E-state index in [2.05, 4.69) is 5.10 Å². The van der Waals surface area contributed by atoms with Crippen molar-refractivity contribution in [2.45, 2.75) is 26.6 Å². The predicted octanol–water partition coefficient (Wildman–Crippen LogP) is 4.83. The molecule has 0 spiro atoms. The second kappa shape index (κ2) is 9.30. The lowest BCUT2D eigenvalue weighted by molar-refractivity contribution is -0.151. The van der Waals surface area contributed by atoms with Gasteiger partial charge in [0, 0.05) is 17.9 Å². The Hall–Kier alpha value is -3.86. The number of halogens is 4. The van der Waals surface area contributed by atoms with Crippen molar-refractivity contribution in [3.8, 4) is 5.69 Å². The zero-order chi connectivity index (χ0) is 26.4. The number of anilines is 1. The highest BCUT2D eigenvalue weighted by atomic mass is 35.5. The molecular formula is C24H20ClF3N4O4. The van der Waals surface area contributed by atoms with Gasteiger partial charge in [-0.05, 0) is 55.8 Å². The Morgan fingerprint density at radius 1 is 1.11 bits per heavy atom. The molecule has 1 aromatic heterocycles. The molecule has 1 unspecified atom stereocenters. The van der Waals surface area contributed by atoms with Crippen LogP contribution in [0.4, 0.5) is 23.7 Å². The Morgan fingerprint density at radius 3 is 2.31 bits per heavy atom. The van der Waals surface area contributed by atoms with E-state index in [9.17, 15) is 32.7 Å². The average Bonchev–Trinajstić information content (AvgIpc) is 3.13. The summed E-state index contributed by atoms with van der Waals surface area (Å²) in [5.74, 6) is -4.26. The molecule has 0 aliphatic carbocycles. The molecule has 0 radical (unpaired) electrons. The van der Waals surface area contributed by atoms with Crippen molar-refractivity contribution in [2.24, 2.45) is 5.92 Å². The summed E-state index contributed by atoms with van der Waals surface area (Å²) in [6.45, 7) is 2.45. The van der Waals surface area contributed by atoms with Gasteiger partial charge in [0.05, 0.1) is 28.5 Å². The first-order valence-corrected chi connectivity index (χ1v) is 11.1. The van der Waals surface area contributed by atoms with Crippen LogP contribution in [0.1, 0.15) is 22.5 Å². The average molecular weight is 521 g/mol. The molecule has 1 atom stereocenters. The minimum atomic E-state index is -4.85. The zero-order valence-corrected chi connectivity index (χ0v) is 19.8. The third-order valence-electron chi connectivity index (χ3n) is 5.82. The van der Waals surface area contributed by atoms with E-state index in [-0.39, 0.29) is 5.69 Å². The van der Waals surface area contributed by atoms with E-state index in [1.165, 1.54) is 6.07 Å². The van der Waals surface area contributed by atoms with Crippen LogP contribution in [0.2, 0.25) is 5.02 Å². The molecular weight excluding hydrogens is 501 g/mol. The second-order valence-electron chi connectivity index (χ2n) is 8.34. The van der Waals surface area contributed by atoms with Gasteiger partial charge in [-0.15, -0.1) is 0 Å². The molecule has 12 heteroatoms. The number of carboxylic acid groups (broad SMARTS) is 1. The highest BCUT2D eigenvalue weighted by Gasteiger charge is 2.45. The number of hydrogen-bond donors (Lipinski definition) is 1. The number of amides is 3. The normalized spacial score (nSPS) is 16.6. The summed E-state index contributed by atoms with van der Waals surface area (Å²) >= 11 is 5.77. The fraction of sp³-hybridized carbons (Fsp3) is 0.250. The molecule has 8 nitrogen and oxygen atoms in total. The van der Waals surface area contributed by atoms with Crippen LogP contribution in [0, 0.1) is 19.8 Å². The number of rotatable bonds is 5. The molecule has 2 heterocycles. The van der Waals surface area contributed by atoms with Gasteiger partial charge in [-0.2, -0.15) is 18.3 Å². The lowest BCUT2D eigenvalue weighted by atomic mass is 10.0. The quantitative estimate of drug-likeness (QED) is 0.486. The number of carbonyl (C=O) groups excluding carboxylic acids is 2. The van der Waals surface area contributed by atoms with Gasteiger partial charge in [-0.1, -0.05) is 23.7 Å². The number of urea groups is 1. The van der Waals surface area contributed by atoms with Gasteiger partial charge in [0.2, 0.25) is 5.91 Å². The van der Waals surface area contributed by atoms with E-state index in [1.807, 2.05) is 19.9 Å². The fourth-order valence-electron chi connectivity index (χ4n) is 4.16. The summed E-state index contributed by atoms with van der Waals surface area (Å²) in [5.41, 5.74) is 1.02. The molecule has 1 aliphatic rings. The van der Waals surface area contributed by atoms with Crippen molar-refractivity contribution in [1.29, 1.82) is 0 Å². The number of aliphatic carboxylic acids is 1. The number of nitrogens with zero attached hydrogens (tertiary/aromatic N) is 4. The third-order valence-corrected chi connectivity index (χ3v) is 6.13. The van der Waals surface area contributed by atoms with Crippen LogP contribution < -0.4 is 4.90 Å². The maximum atomic E-state index is 13.6. The molecule has 188 valence electrons. The van der Waals surface area contributed by atoms with E-state index in [1.54, 1.807) is 28.9 Å². The smallest absolute Gasteiger partial charge is 0.418 e. The number of carboxylic acids is 1. The van der Waals surface area contributed by atoms with Crippen molar-refractivity contribution in [1.82, 2.24) is 14.7 Å². The minimum Gasteiger partial charge on any atom is -0.481 e. The number of aromatic nitrogens is 2. The third kappa shape index (κ3) is 4.66. The van der Waals surface area contributed by atoms with Gasteiger partial charge in [-0.25, -0.2) is 9.48 Å². The highest BCUT2D eigenvalue weighted by Crippen LogP contribution is 2.38. The summed E-state index contributed by atoms with van der Waals surface area (Å²) in [4.78, 5) is 39.5. The molecule has 0 bridgehead atoms. The second-order valence-corrected chi connectivity index (χ2v) is 8.74. The van der Waals surface area contributed by atoms with E-state index in [0.717, 1.165) is 28.4 Å². The number of benzene rings is 2. The molecule has 3 amide bonds. The summed E-state index contributed by atoms with van der Waals surface area (Å²) < 4.78 is 42.6. The Labute approximate surface area is 208 Å². The van der Waals surface area contributed by atoms with Crippen molar-refractivity contribution in [2.75, 3.05) is 11.4 Å². The molecule has 1 saturated heterocycles. The summed E-state index contributed by atoms with van der Waals surface area (Å²) in [5, 5.41) is 13.4. The summed E-state index contributed by atoms with van der Waals surface area (Å²) in [6, 6.07) is 10.8. The predicted molar refractivity (Wildman–Crippen MR) is 124 cm³/mol. The van der Waals surface area contributed by atoms with Crippen LogP contribution in [0.15, 0.2) is 48.5 Å². The topological polar surface area (TPSA) is 95.7 Å². The van der Waals surface area contributed by atoms with Gasteiger partial charge in [0.1, 0.15) is 0 Å². The Kier molecular flexibility index (Phi) is 6.52. The maximum absolute atomic E-state index is 13.6. The number of hydrogen-bond acceptors (Lipinski definition) is 4. The SMILES string of the molecule is Cc1cc(C)n(-c2ccc(N3CC(C(=O)O)C(=O)N(Cc4cccc(Cl)c4C(F)(F)F)C3=O)cc2)n1. The Morgan fingerprint density at radius 2 is 1.75 bits per heavy atom. The van der Waals surface area contributed by atoms with Gasteiger partial charge >= 0.3 is 18.2 Å². The first kappa shape index (κ1) is 25.2. The molecule has 1 N–H and O–H groups in total. The van der Waals surface area contributed by atoms with Crippen LogP contribution in [-0.2, 0) is 22.3 Å². The number of alkyl halides is 3. The lowest BCUT2D eigenvalue weighted by Crippen LogP contribution is -2.58. The minimum absolute atomic E-state index is 0.274. The van der Waals surface area contributed by atoms with E-state index >= 15 is 0 Å². The van der Waals surface area contributed by atoms with Gasteiger partial charge in [0.25, 0.3) is 0 Å². The van der Waals surface area contributed by atoms with Gasteiger partial charge in [-0.3, -0.25) is 19.4 Å². The fourth-order valence-corrected chi connectivity index (χ4v) is 4.47. The molecule has 36 heavy (non-hydrogen) atoms. The highest BCUT2D eigenvalue weighted by molar-refractivity contribution is 6.31. The molecule has 1 fully saturated rings. The first-order valence-electron chi connectivity index (χ1n) is 10.7. The van der Waals surface area contributed by atoms with Crippen LogP contribution in [-0.4, -0.2) is 44.2 Å². The molecule has 4 rings (SSSR count). The van der Waals surface area contributed by atoms with E-state index in [0.29, 0.717) is 10.6 Å². The molecule has 1 aliphatic heterocycles. The largest absolute Gasteiger partial charge is 0.481 e. The van der Waals surface area contributed by atoms with Crippen molar-refractivity contribution in [3.63, 3.8) is 0 Å². The van der Waals surface area contributed by atoms with E-state index in [4.69, 9.17) is 11.6 Å². The lowest BCUT2D eigenvalue weighted by Gasteiger charge is -2.37. The van der Waals surface area contributed by atoms with Crippen LogP contribution in [0.25, 0.3) is 5.69 Å². The van der Waals surface area contributed by atoms with Crippen molar-refractivity contribution in [3.05, 3.63) is 76.1 Å². The first-order chi connectivity index (χ1) is 16.9.